The van der Waals surface area contributed by atoms with E-state index in [1.165, 1.54) is 0 Å². The topological polar surface area (TPSA) is 110 Å². The molecule has 2 amide bonds. The van der Waals surface area contributed by atoms with Gasteiger partial charge in [0.05, 0.1) is 12.1 Å². The van der Waals surface area contributed by atoms with Crippen LogP contribution in [0.1, 0.15) is 40.5 Å². The van der Waals surface area contributed by atoms with Gasteiger partial charge in [0, 0.05) is 22.5 Å². The van der Waals surface area contributed by atoms with Gasteiger partial charge < -0.3 is 22.1 Å². The quantitative estimate of drug-likeness (QED) is 0.212. The predicted octanol–water partition coefficient (Wildman–Crippen LogP) is 6.28. The lowest BCUT2D eigenvalue weighted by molar-refractivity contribution is -0.118. The van der Waals surface area contributed by atoms with E-state index in [0.29, 0.717) is 36.1 Å². The van der Waals surface area contributed by atoms with Gasteiger partial charge in [-0.2, -0.15) is 0 Å². The minimum absolute atomic E-state index is 0.236. The summed E-state index contributed by atoms with van der Waals surface area (Å²) < 4.78 is 0. The lowest BCUT2D eigenvalue weighted by Gasteiger charge is -2.22. The van der Waals surface area contributed by atoms with Gasteiger partial charge in [0.1, 0.15) is 0 Å². The van der Waals surface area contributed by atoms with Crippen LogP contribution in [0.15, 0.2) is 72.8 Å². The van der Waals surface area contributed by atoms with Crippen molar-refractivity contribution in [3.63, 3.8) is 0 Å². The maximum atomic E-state index is 13.2. The number of hydrogen-bond acceptors (Lipinski definition) is 4. The molecule has 6 N–H and O–H groups in total. The number of benzene rings is 4. The molecule has 0 radical (unpaired) electrons. The molecule has 0 aliphatic rings. The van der Waals surface area contributed by atoms with E-state index >= 15 is 0 Å². The maximum absolute atomic E-state index is 13.2. The van der Waals surface area contributed by atoms with Crippen LogP contribution in [0.4, 0.5) is 11.4 Å². The fourth-order valence-corrected chi connectivity index (χ4v) is 4.97. The number of fused-ring (bicyclic) bond motifs is 2. The third kappa shape index (κ3) is 6.04. The van der Waals surface area contributed by atoms with Gasteiger partial charge in [0.2, 0.25) is 11.8 Å². The van der Waals surface area contributed by atoms with Crippen LogP contribution < -0.4 is 22.1 Å². The van der Waals surface area contributed by atoms with Crippen LogP contribution in [0, 0.1) is 11.8 Å². The Balaban J connectivity index is 1.92. The number of amides is 2. The van der Waals surface area contributed by atoms with Gasteiger partial charge in [-0.25, -0.2) is 0 Å². The van der Waals surface area contributed by atoms with Crippen molar-refractivity contribution in [2.24, 2.45) is 23.3 Å². The van der Waals surface area contributed by atoms with E-state index in [2.05, 4.69) is 10.6 Å². The molecule has 0 aliphatic heterocycles. The Morgan fingerprint density at radius 1 is 0.605 bits per heavy atom. The molecule has 6 nitrogen and oxygen atoms in total. The summed E-state index contributed by atoms with van der Waals surface area (Å²) in [5.41, 5.74) is 15.4. The van der Waals surface area contributed by atoms with Crippen molar-refractivity contribution in [1.29, 1.82) is 0 Å². The van der Waals surface area contributed by atoms with E-state index in [-0.39, 0.29) is 11.8 Å². The molecule has 0 saturated carbocycles. The van der Waals surface area contributed by atoms with Crippen molar-refractivity contribution in [2.75, 3.05) is 10.6 Å². The minimum atomic E-state index is -0.630. The van der Waals surface area contributed by atoms with E-state index in [0.717, 1.165) is 32.7 Å². The second-order valence-corrected chi connectivity index (χ2v) is 10.9. The molecule has 4 rings (SSSR count). The summed E-state index contributed by atoms with van der Waals surface area (Å²) in [5, 5.41) is 10.2. The first-order valence-electron chi connectivity index (χ1n) is 13.3. The molecule has 0 saturated heterocycles. The Bertz CT molecular complexity index is 1350. The maximum Gasteiger partial charge on any atom is 0.241 e. The van der Waals surface area contributed by atoms with Crippen LogP contribution in [0.3, 0.4) is 0 Å². The molecular weight excluding hydrogens is 472 g/mol. The van der Waals surface area contributed by atoms with E-state index in [9.17, 15) is 9.59 Å². The second-order valence-electron chi connectivity index (χ2n) is 10.9. The SMILES string of the molecule is CC(C)C[C@H](N)C(=O)Nc1ccc2ccccc2c1-c1c(NC(=O)[C@@H](N)CC(C)C)ccc2ccccc12. The van der Waals surface area contributed by atoms with Crippen molar-refractivity contribution in [1.82, 2.24) is 0 Å². The Morgan fingerprint density at radius 3 is 1.34 bits per heavy atom. The zero-order valence-electron chi connectivity index (χ0n) is 22.6. The second kappa shape index (κ2) is 11.8. The van der Waals surface area contributed by atoms with Gasteiger partial charge in [0.25, 0.3) is 0 Å². The number of rotatable bonds is 9. The van der Waals surface area contributed by atoms with Gasteiger partial charge in [0.15, 0.2) is 0 Å². The van der Waals surface area contributed by atoms with Crippen molar-refractivity contribution in [3.8, 4) is 11.1 Å². The fourth-order valence-electron chi connectivity index (χ4n) is 4.97. The molecule has 0 aliphatic carbocycles. The number of carbonyl (C=O) groups is 2. The summed E-state index contributed by atoms with van der Waals surface area (Å²) in [6.07, 6.45) is 1.16. The highest BCUT2D eigenvalue weighted by Gasteiger charge is 2.23. The summed E-state index contributed by atoms with van der Waals surface area (Å²) >= 11 is 0. The number of nitrogens with one attached hydrogen (secondary N) is 2. The Kier molecular flexibility index (Phi) is 8.45. The highest BCUT2D eigenvalue weighted by Crippen LogP contribution is 2.43. The third-order valence-corrected chi connectivity index (χ3v) is 6.75. The largest absolute Gasteiger partial charge is 0.324 e. The number of carbonyl (C=O) groups excluding carboxylic acids is 2. The standard InChI is InChI=1S/C32H38N4O2/c1-19(2)17-25(33)31(37)35-27-15-13-21-9-5-7-11-23(21)29(27)30-24-12-8-6-10-22(24)14-16-28(30)36-32(38)26(34)18-20(3)4/h5-16,19-20,25-26H,17-18,33-34H2,1-4H3,(H,35,37)(H,36,38)/t25-,26-/m0/s1. The highest BCUT2D eigenvalue weighted by molar-refractivity contribution is 6.17. The van der Waals surface area contributed by atoms with Gasteiger partial charge in [-0.3, -0.25) is 9.59 Å². The van der Waals surface area contributed by atoms with Gasteiger partial charge in [-0.05, 0) is 58.4 Å². The van der Waals surface area contributed by atoms with Crippen LogP contribution in [0.2, 0.25) is 0 Å². The van der Waals surface area contributed by atoms with Crippen molar-refractivity contribution in [3.05, 3.63) is 72.8 Å². The molecule has 6 heteroatoms. The number of nitrogens with two attached hydrogens (primary N) is 2. The summed E-state index contributed by atoms with van der Waals surface area (Å²) in [4.78, 5) is 26.3. The molecule has 0 unspecified atom stereocenters. The summed E-state index contributed by atoms with van der Waals surface area (Å²) in [5.74, 6) is 0.114. The predicted molar refractivity (Wildman–Crippen MR) is 159 cm³/mol. The average molecular weight is 511 g/mol. The Labute approximate surface area is 224 Å². The molecule has 0 fully saturated rings. The first-order valence-corrected chi connectivity index (χ1v) is 13.3. The molecule has 198 valence electrons. The van der Waals surface area contributed by atoms with Crippen molar-refractivity contribution >= 4 is 44.7 Å². The first-order chi connectivity index (χ1) is 18.2. The minimum Gasteiger partial charge on any atom is -0.324 e. The van der Waals surface area contributed by atoms with Crippen molar-refractivity contribution < 1.29 is 9.59 Å². The van der Waals surface area contributed by atoms with Gasteiger partial charge in [-0.15, -0.1) is 0 Å². The molecule has 4 aromatic carbocycles. The summed E-state index contributed by atoms with van der Waals surface area (Å²) in [6.45, 7) is 8.18. The Hall–Kier alpha value is -3.74. The van der Waals surface area contributed by atoms with E-state index in [4.69, 9.17) is 11.5 Å². The van der Waals surface area contributed by atoms with E-state index in [1.54, 1.807) is 0 Å². The summed E-state index contributed by atoms with van der Waals surface area (Å²) in [7, 11) is 0. The Morgan fingerprint density at radius 2 is 0.974 bits per heavy atom. The van der Waals surface area contributed by atoms with Crippen LogP contribution in [0.5, 0.6) is 0 Å². The first kappa shape index (κ1) is 27.3. The zero-order chi connectivity index (χ0) is 27.4. The fraction of sp³-hybridized carbons (Fsp3) is 0.312. The van der Waals surface area contributed by atoms with Crippen LogP contribution in [-0.2, 0) is 9.59 Å². The number of anilines is 2. The van der Waals surface area contributed by atoms with Crippen LogP contribution in [0.25, 0.3) is 32.7 Å². The zero-order valence-corrected chi connectivity index (χ0v) is 22.6. The smallest absolute Gasteiger partial charge is 0.241 e. The van der Waals surface area contributed by atoms with Gasteiger partial charge >= 0.3 is 0 Å². The van der Waals surface area contributed by atoms with Crippen molar-refractivity contribution in [2.45, 2.75) is 52.6 Å². The molecular formula is C32H38N4O2. The summed E-state index contributed by atoms with van der Waals surface area (Å²) in [6, 6.07) is 22.6. The third-order valence-electron chi connectivity index (χ3n) is 6.75. The van der Waals surface area contributed by atoms with Crippen LogP contribution in [-0.4, -0.2) is 23.9 Å². The highest BCUT2D eigenvalue weighted by atomic mass is 16.2. The molecule has 0 bridgehead atoms. The molecule has 0 spiro atoms. The lowest BCUT2D eigenvalue weighted by atomic mass is 9.90. The van der Waals surface area contributed by atoms with Gasteiger partial charge in [-0.1, -0.05) is 88.4 Å². The molecule has 38 heavy (non-hydrogen) atoms. The van der Waals surface area contributed by atoms with E-state index < -0.39 is 12.1 Å². The number of hydrogen-bond donors (Lipinski definition) is 4. The van der Waals surface area contributed by atoms with E-state index in [1.807, 2.05) is 100 Å². The average Bonchev–Trinajstić information content (AvgIpc) is 2.88. The molecule has 0 heterocycles. The normalized spacial score (nSPS) is 13.2. The molecule has 2 atom stereocenters. The van der Waals surface area contributed by atoms with Crippen LogP contribution >= 0.6 is 0 Å². The molecule has 0 aromatic heterocycles. The lowest BCUT2D eigenvalue weighted by Crippen LogP contribution is -2.37. The monoisotopic (exact) mass is 510 g/mol. The molecule has 4 aromatic rings.